The molecule has 0 saturated heterocycles. The molecule has 0 saturated carbocycles. The fourth-order valence-corrected chi connectivity index (χ4v) is 2.74. The van der Waals surface area contributed by atoms with Gasteiger partial charge in [-0.2, -0.15) is 0 Å². The molecule has 0 bridgehead atoms. The normalized spacial score (nSPS) is 18.2. The Morgan fingerprint density at radius 3 is 2.36 bits per heavy atom. The third-order valence-electron chi connectivity index (χ3n) is 2.59. The third kappa shape index (κ3) is 1.37. The van der Waals surface area contributed by atoms with Crippen LogP contribution in [0, 0.1) is 5.92 Å². The second kappa shape index (κ2) is 3.29. The minimum absolute atomic E-state index is 0.373. The van der Waals surface area contributed by atoms with Crippen molar-refractivity contribution >= 4 is 29.3 Å². The highest BCUT2D eigenvalue weighted by Crippen LogP contribution is 2.50. The molecule has 1 aromatic carbocycles. The van der Waals surface area contributed by atoms with E-state index in [2.05, 4.69) is 19.9 Å². The zero-order chi connectivity index (χ0) is 10.3. The molecule has 1 aliphatic carbocycles. The summed E-state index contributed by atoms with van der Waals surface area (Å²) in [4.78, 5) is 0. The Hall–Kier alpha value is -0.460. The van der Waals surface area contributed by atoms with Gasteiger partial charge in [-0.3, -0.25) is 0 Å². The van der Waals surface area contributed by atoms with E-state index in [9.17, 15) is 0 Å². The zero-order valence-corrected chi connectivity index (χ0v) is 9.73. The number of hydrogen-bond donors (Lipinski definition) is 0. The van der Waals surface area contributed by atoms with Gasteiger partial charge in [0.25, 0.3) is 0 Å². The Bertz CT molecular complexity index is 389. The first kappa shape index (κ1) is 10.1. The summed E-state index contributed by atoms with van der Waals surface area (Å²) in [7, 11) is 0. The highest BCUT2D eigenvalue weighted by molar-refractivity contribution is 6.51. The van der Waals surface area contributed by atoms with E-state index >= 15 is 0 Å². The molecular weight excluding hydrogens is 215 g/mol. The quantitative estimate of drug-likeness (QED) is 0.625. The van der Waals surface area contributed by atoms with Gasteiger partial charge in [-0.05, 0) is 22.6 Å². The minimum Gasteiger partial charge on any atom is -0.0912 e. The fraction of sp³-hybridized carbons (Fsp3) is 0.333. The van der Waals surface area contributed by atoms with E-state index in [1.54, 1.807) is 0 Å². The number of fused-ring (bicyclic) bond motifs is 1. The molecule has 0 atom stereocenters. The molecule has 14 heavy (non-hydrogen) atoms. The van der Waals surface area contributed by atoms with Crippen LogP contribution >= 0.6 is 23.2 Å². The fourth-order valence-electron chi connectivity index (χ4n) is 1.85. The largest absolute Gasteiger partial charge is 0.165 e. The number of rotatable bonds is 1. The van der Waals surface area contributed by atoms with Gasteiger partial charge in [-0.25, -0.2) is 0 Å². The van der Waals surface area contributed by atoms with Crippen LogP contribution in [0.1, 0.15) is 25.0 Å². The van der Waals surface area contributed by atoms with Crippen LogP contribution < -0.4 is 0 Å². The lowest BCUT2D eigenvalue weighted by atomic mass is 10.0. The van der Waals surface area contributed by atoms with Crippen LogP contribution in [0.15, 0.2) is 29.8 Å². The van der Waals surface area contributed by atoms with Gasteiger partial charge >= 0.3 is 0 Å². The van der Waals surface area contributed by atoms with Crippen molar-refractivity contribution < 1.29 is 0 Å². The summed E-state index contributed by atoms with van der Waals surface area (Å²) in [5, 5.41) is 0. The molecule has 0 nitrogen and oxygen atoms in total. The van der Waals surface area contributed by atoms with Crippen LogP contribution in [-0.2, 0) is 4.33 Å². The van der Waals surface area contributed by atoms with Gasteiger partial charge in [-0.15, -0.1) is 0 Å². The maximum absolute atomic E-state index is 6.36. The van der Waals surface area contributed by atoms with E-state index in [1.165, 1.54) is 0 Å². The molecule has 0 radical (unpaired) electrons. The van der Waals surface area contributed by atoms with E-state index < -0.39 is 4.33 Å². The predicted octanol–water partition coefficient (Wildman–Crippen LogP) is 4.37. The van der Waals surface area contributed by atoms with Crippen LogP contribution in [0.3, 0.4) is 0 Å². The Kier molecular flexibility index (Phi) is 2.36. The molecule has 0 aliphatic heterocycles. The second-order valence-electron chi connectivity index (χ2n) is 3.92. The molecule has 0 N–H and O–H groups in total. The van der Waals surface area contributed by atoms with E-state index in [0.717, 1.165) is 16.7 Å². The van der Waals surface area contributed by atoms with Crippen molar-refractivity contribution in [3.8, 4) is 0 Å². The van der Waals surface area contributed by atoms with Crippen molar-refractivity contribution in [2.45, 2.75) is 18.2 Å². The van der Waals surface area contributed by atoms with Gasteiger partial charge in [-0.1, -0.05) is 67.4 Å². The lowest BCUT2D eigenvalue weighted by Gasteiger charge is -2.21. The van der Waals surface area contributed by atoms with Crippen molar-refractivity contribution in [1.82, 2.24) is 0 Å². The van der Waals surface area contributed by atoms with Crippen LogP contribution in [0.25, 0.3) is 6.08 Å². The highest BCUT2D eigenvalue weighted by atomic mass is 35.5. The molecule has 0 heterocycles. The predicted molar refractivity (Wildman–Crippen MR) is 62.6 cm³/mol. The van der Waals surface area contributed by atoms with Crippen LogP contribution in [0.4, 0.5) is 0 Å². The summed E-state index contributed by atoms with van der Waals surface area (Å²) in [6.45, 7) is 4.22. The molecular formula is C12H12Cl2. The van der Waals surface area contributed by atoms with Gasteiger partial charge in [0.15, 0.2) is 4.33 Å². The number of benzene rings is 1. The van der Waals surface area contributed by atoms with Crippen molar-refractivity contribution in [3.63, 3.8) is 0 Å². The molecule has 0 spiro atoms. The standard InChI is InChI=1S/C12H12Cl2/c1-8(2)11-7-9-5-3-4-6-10(9)12(11,13)14/h3-8H,1-2H3. The van der Waals surface area contributed by atoms with Gasteiger partial charge in [0, 0.05) is 0 Å². The minimum atomic E-state index is -0.829. The highest BCUT2D eigenvalue weighted by Gasteiger charge is 2.38. The van der Waals surface area contributed by atoms with E-state index in [1.807, 2.05) is 24.3 Å². The van der Waals surface area contributed by atoms with Gasteiger partial charge in [0.05, 0.1) is 0 Å². The van der Waals surface area contributed by atoms with Crippen molar-refractivity contribution in [1.29, 1.82) is 0 Å². The number of allylic oxidation sites excluding steroid dienone is 1. The molecule has 74 valence electrons. The molecule has 2 rings (SSSR count). The molecule has 1 aromatic rings. The van der Waals surface area contributed by atoms with Gasteiger partial charge in [0.1, 0.15) is 0 Å². The van der Waals surface area contributed by atoms with E-state index in [0.29, 0.717) is 5.92 Å². The first-order valence-electron chi connectivity index (χ1n) is 4.73. The summed E-state index contributed by atoms with van der Waals surface area (Å²) in [6.07, 6.45) is 2.10. The second-order valence-corrected chi connectivity index (χ2v) is 5.24. The number of hydrogen-bond acceptors (Lipinski definition) is 0. The summed E-state index contributed by atoms with van der Waals surface area (Å²) >= 11 is 12.7. The summed E-state index contributed by atoms with van der Waals surface area (Å²) in [6, 6.07) is 8.00. The molecule has 0 unspecified atom stereocenters. The zero-order valence-electron chi connectivity index (χ0n) is 8.22. The van der Waals surface area contributed by atoms with Gasteiger partial charge < -0.3 is 0 Å². The van der Waals surface area contributed by atoms with Crippen LogP contribution in [-0.4, -0.2) is 0 Å². The lowest BCUT2D eigenvalue weighted by Crippen LogP contribution is -2.14. The Balaban J connectivity index is 2.56. The van der Waals surface area contributed by atoms with Crippen molar-refractivity contribution in [2.24, 2.45) is 5.92 Å². The lowest BCUT2D eigenvalue weighted by molar-refractivity contribution is 0.724. The van der Waals surface area contributed by atoms with Crippen LogP contribution in [0.5, 0.6) is 0 Å². The third-order valence-corrected chi connectivity index (χ3v) is 3.44. The van der Waals surface area contributed by atoms with E-state index in [-0.39, 0.29) is 0 Å². The Labute approximate surface area is 94.5 Å². The molecule has 0 fully saturated rings. The van der Waals surface area contributed by atoms with Crippen molar-refractivity contribution in [3.05, 3.63) is 41.0 Å². The average molecular weight is 227 g/mol. The topological polar surface area (TPSA) is 0 Å². The smallest absolute Gasteiger partial charge is 0.0912 e. The SMILES string of the molecule is CC(C)C1=Cc2ccccc2C1(Cl)Cl. The maximum atomic E-state index is 6.36. The summed E-state index contributed by atoms with van der Waals surface area (Å²) < 4.78 is -0.829. The number of alkyl halides is 2. The first-order valence-corrected chi connectivity index (χ1v) is 5.48. The van der Waals surface area contributed by atoms with Gasteiger partial charge in [0.2, 0.25) is 0 Å². The van der Waals surface area contributed by atoms with Crippen LogP contribution in [0.2, 0.25) is 0 Å². The number of halogens is 2. The Morgan fingerprint density at radius 2 is 1.79 bits per heavy atom. The maximum Gasteiger partial charge on any atom is 0.165 e. The molecule has 0 amide bonds. The van der Waals surface area contributed by atoms with E-state index in [4.69, 9.17) is 23.2 Å². The monoisotopic (exact) mass is 226 g/mol. The summed E-state index contributed by atoms with van der Waals surface area (Å²) in [5.74, 6) is 0.373. The Morgan fingerprint density at radius 1 is 1.14 bits per heavy atom. The summed E-state index contributed by atoms with van der Waals surface area (Å²) in [5.41, 5.74) is 3.23. The molecule has 1 aliphatic rings. The van der Waals surface area contributed by atoms with Crippen molar-refractivity contribution in [2.75, 3.05) is 0 Å². The first-order chi connectivity index (χ1) is 6.53. The average Bonchev–Trinajstić information content (AvgIpc) is 2.39. The molecule has 2 heteroatoms. The molecule has 0 aromatic heterocycles.